The van der Waals surface area contributed by atoms with Gasteiger partial charge in [0.25, 0.3) is 5.91 Å². The lowest BCUT2D eigenvalue weighted by Crippen LogP contribution is -2.23. The number of hydrogen-bond donors (Lipinski definition) is 1. The van der Waals surface area contributed by atoms with Crippen molar-refractivity contribution in [3.8, 4) is 17.0 Å². The van der Waals surface area contributed by atoms with Gasteiger partial charge in [-0.1, -0.05) is 29.8 Å². The Morgan fingerprint density at radius 3 is 2.50 bits per heavy atom. The van der Waals surface area contributed by atoms with Crippen LogP contribution in [0.3, 0.4) is 0 Å². The molecular formula is C22H16ClF3N4O2. The van der Waals surface area contributed by atoms with Crippen LogP contribution in [0.5, 0.6) is 5.75 Å². The topological polar surface area (TPSA) is 68.5 Å². The van der Waals surface area contributed by atoms with Gasteiger partial charge < -0.3 is 10.1 Å². The fraction of sp³-hybridized carbons (Fsp3) is 0.136. The van der Waals surface area contributed by atoms with Gasteiger partial charge in [0.1, 0.15) is 5.75 Å². The molecule has 164 valence electrons. The van der Waals surface area contributed by atoms with Crippen molar-refractivity contribution in [3.63, 3.8) is 0 Å². The second kappa shape index (κ2) is 8.51. The van der Waals surface area contributed by atoms with Crippen LogP contribution < -0.4 is 10.1 Å². The molecule has 0 aliphatic rings. The van der Waals surface area contributed by atoms with Gasteiger partial charge in [0.05, 0.1) is 12.8 Å². The van der Waals surface area contributed by atoms with Crippen molar-refractivity contribution in [2.45, 2.75) is 12.7 Å². The summed E-state index contributed by atoms with van der Waals surface area (Å²) in [5.41, 5.74) is -0.115. The molecule has 0 saturated heterocycles. The van der Waals surface area contributed by atoms with Gasteiger partial charge in [-0.15, -0.1) is 0 Å². The third-order valence-corrected chi connectivity index (χ3v) is 5.10. The van der Waals surface area contributed by atoms with Crippen LogP contribution >= 0.6 is 11.6 Å². The molecule has 6 nitrogen and oxygen atoms in total. The number of fused-ring (bicyclic) bond motifs is 1. The van der Waals surface area contributed by atoms with Crippen molar-refractivity contribution in [1.82, 2.24) is 19.9 Å². The van der Waals surface area contributed by atoms with E-state index in [0.717, 1.165) is 6.07 Å². The summed E-state index contributed by atoms with van der Waals surface area (Å²) in [4.78, 5) is 16.8. The number of carbonyl (C=O) groups is 1. The van der Waals surface area contributed by atoms with Crippen LogP contribution in [-0.2, 0) is 12.7 Å². The highest BCUT2D eigenvalue weighted by Crippen LogP contribution is 2.32. The Morgan fingerprint density at radius 2 is 1.84 bits per heavy atom. The third-order valence-electron chi connectivity index (χ3n) is 4.73. The summed E-state index contributed by atoms with van der Waals surface area (Å²) >= 11 is 6.07. The van der Waals surface area contributed by atoms with Crippen LogP contribution in [-0.4, -0.2) is 27.6 Å². The minimum atomic E-state index is -4.71. The van der Waals surface area contributed by atoms with E-state index in [-0.39, 0.29) is 23.6 Å². The summed E-state index contributed by atoms with van der Waals surface area (Å²) < 4.78 is 46.9. The zero-order valence-electron chi connectivity index (χ0n) is 16.7. The Labute approximate surface area is 185 Å². The Morgan fingerprint density at radius 1 is 1.12 bits per heavy atom. The van der Waals surface area contributed by atoms with Crippen LogP contribution in [0.1, 0.15) is 21.7 Å². The summed E-state index contributed by atoms with van der Waals surface area (Å²) in [7, 11) is 1.49. The predicted octanol–water partition coefficient (Wildman–Crippen LogP) is 5.01. The van der Waals surface area contributed by atoms with Crippen LogP contribution in [0.25, 0.3) is 16.9 Å². The minimum absolute atomic E-state index is 0.0930. The number of amides is 1. The smallest absolute Gasteiger partial charge is 0.433 e. The number of ether oxygens (including phenoxy) is 1. The molecule has 4 aromatic rings. The lowest BCUT2D eigenvalue weighted by atomic mass is 10.1. The Balaban J connectivity index is 1.70. The monoisotopic (exact) mass is 460 g/mol. The molecule has 0 unspecified atom stereocenters. The fourth-order valence-electron chi connectivity index (χ4n) is 3.10. The molecule has 0 fully saturated rings. The van der Waals surface area contributed by atoms with Gasteiger partial charge in [-0.25, -0.2) is 9.50 Å². The van der Waals surface area contributed by atoms with E-state index in [4.69, 9.17) is 16.3 Å². The van der Waals surface area contributed by atoms with Crippen molar-refractivity contribution in [1.29, 1.82) is 0 Å². The molecule has 2 aromatic carbocycles. The molecule has 0 saturated carbocycles. The van der Waals surface area contributed by atoms with Gasteiger partial charge in [-0.2, -0.15) is 18.3 Å². The van der Waals surface area contributed by atoms with E-state index in [1.807, 2.05) is 0 Å². The van der Waals surface area contributed by atoms with Gasteiger partial charge >= 0.3 is 6.18 Å². The number of nitrogens with one attached hydrogen (secondary N) is 1. The molecule has 10 heteroatoms. The van der Waals surface area contributed by atoms with Gasteiger partial charge in [-0.05, 0) is 42.0 Å². The van der Waals surface area contributed by atoms with Crippen molar-refractivity contribution >= 4 is 23.2 Å². The third kappa shape index (κ3) is 4.38. The maximum atomic E-state index is 13.7. The Bertz CT molecular complexity index is 1290. The number of nitrogens with zero attached hydrogens (tertiary/aromatic N) is 3. The lowest BCUT2D eigenvalue weighted by Gasteiger charge is -2.11. The van der Waals surface area contributed by atoms with E-state index in [1.165, 1.54) is 13.2 Å². The molecule has 32 heavy (non-hydrogen) atoms. The van der Waals surface area contributed by atoms with E-state index in [9.17, 15) is 18.0 Å². The highest BCUT2D eigenvalue weighted by Gasteiger charge is 2.35. The largest absolute Gasteiger partial charge is 0.497 e. The number of aromatic nitrogens is 3. The Hall–Kier alpha value is -3.59. The molecule has 0 atom stereocenters. The number of hydrogen-bond acceptors (Lipinski definition) is 4. The molecule has 1 amide bonds. The quantitative estimate of drug-likeness (QED) is 0.454. The number of benzene rings is 2. The van der Waals surface area contributed by atoms with Crippen LogP contribution in [0, 0.1) is 0 Å². The molecule has 0 bridgehead atoms. The van der Waals surface area contributed by atoms with Crippen molar-refractivity contribution in [2.24, 2.45) is 0 Å². The summed E-state index contributed by atoms with van der Waals surface area (Å²) in [6.07, 6.45) is -4.71. The first-order valence-corrected chi connectivity index (χ1v) is 9.78. The standard InChI is InChI=1S/C22H16ClF3N4O2/c1-32-15-8-6-13(7-9-15)17-10-19(22(24,25)26)30-20(28-17)11-18(29-30)21(31)27-12-14-4-2-3-5-16(14)23/h2-11H,12H2,1H3,(H,27,31). The molecule has 2 heterocycles. The normalized spacial score (nSPS) is 11.5. The summed E-state index contributed by atoms with van der Waals surface area (Å²) in [6, 6.07) is 15.5. The van der Waals surface area contributed by atoms with Gasteiger partial charge in [-0.3, -0.25) is 4.79 Å². The van der Waals surface area contributed by atoms with E-state index in [0.29, 0.717) is 26.4 Å². The number of methoxy groups -OCH3 is 1. The molecule has 4 rings (SSSR count). The van der Waals surface area contributed by atoms with Crippen LogP contribution in [0.2, 0.25) is 5.02 Å². The van der Waals surface area contributed by atoms with E-state index < -0.39 is 17.8 Å². The van der Waals surface area contributed by atoms with Crippen LogP contribution in [0.15, 0.2) is 60.7 Å². The average Bonchev–Trinajstić information content (AvgIpc) is 3.21. The first-order chi connectivity index (χ1) is 15.3. The first kappa shape index (κ1) is 21.6. The number of alkyl halides is 3. The summed E-state index contributed by atoms with van der Waals surface area (Å²) in [5.74, 6) is -0.0813. The average molecular weight is 461 g/mol. The molecular weight excluding hydrogens is 445 g/mol. The van der Waals surface area contributed by atoms with E-state index in [2.05, 4.69) is 15.4 Å². The molecule has 0 aliphatic carbocycles. The number of rotatable bonds is 5. The van der Waals surface area contributed by atoms with Crippen molar-refractivity contribution in [3.05, 3.63) is 82.6 Å². The van der Waals surface area contributed by atoms with Crippen molar-refractivity contribution < 1.29 is 22.7 Å². The van der Waals surface area contributed by atoms with E-state index >= 15 is 0 Å². The molecule has 0 aliphatic heterocycles. The number of halogens is 4. The zero-order valence-corrected chi connectivity index (χ0v) is 17.4. The highest BCUT2D eigenvalue weighted by molar-refractivity contribution is 6.31. The summed E-state index contributed by atoms with van der Waals surface area (Å²) in [5, 5.41) is 6.92. The molecule has 0 spiro atoms. The van der Waals surface area contributed by atoms with E-state index in [1.54, 1.807) is 48.5 Å². The summed E-state index contributed by atoms with van der Waals surface area (Å²) in [6.45, 7) is 0.100. The Kier molecular flexibility index (Phi) is 5.75. The second-order valence-electron chi connectivity index (χ2n) is 6.83. The zero-order chi connectivity index (χ0) is 22.9. The minimum Gasteiger partial charge on any atom is -0.497 e. The van der Waals surface area contributed by atoms with Crippen LogP contribution in [0.4, 0.5) is 13.2 Å². The predicted molar refractivity (Wildman–Crippen MR) is 113 cm³/mol. The fourth-order valence-corrected chi connectivity index (χ4v) is 3.31. The maximum Gasteiger partial charge on any atom is 0.433 e. The lowest BCUT2D eigenvalue weighted by molar-refractivity contribution is -0.142. The first-order valence-electron chi connectivity index (χ1n) is 9.40. The maximum absolute atomic E-state index is 13.7. The molecule has 1 N–H and O–H groups in total. The highest BCUT2D eigenvalue weighted by atomic mass is 35.5. The van der Waals surface area contributed by atoms with Gasteiger partial charge in [0, 0.05) is 23.2 Å². The second-order valence-corrected chi connectivity index (χ2v) is 7.23. The molecule has 2 aromatic heterocycles. The SMILES string of the molecule is COc1ccc(-c2cc(C(F)(F)F)n3nc(C(=O)NCc4ccccc4Cl)cc3n2)cc1. The number of carbonyl (C=O) groups excluding carboxylic acids is 1. The molecule has 0 radical (unpaired) electrons. The van der Waals surface area contributed by atoms with Gasteiger partial charge in [0.15, 0.2) is 17.0 Å². The van der Waals surface area contributed by atoms with Gasteiger partial charge in [0.2, 0.25) is 0 Å². The van der Waals surface area contributed by atoms with Crippen molar-refractivity contribution in [2.75, 3.05) is 7.11 Å².